The lowest BCUT2D eigenvalue weighted by Crippen LogP contribution is -2.17. The number of carbonyl (C=O) groups excluding carboxylic acids is 1. The van der Waals surface area contributed by atoms with Gasteiger partial charge in [0.15, 0.2) is 0 Å². The molecule has 0 saturated carbocycles. The fourth-order valence-corrected chi connectivity index (χ4v) is 3.16. The summed E-state index contributed by atoms with van der Waals surface area (Å²) in [6.45, 7) is 9.71. The first-order chi connectivity index (χ1) is 12.1. The standard InChI is InChI=1S/C23H44O2/c1-5-7-8-9-10-11-12-13-14-15-16-17-18-19-20-22(6-2)25-23(24)21(3)4/h22H,3,5-20H2,1-2,4H3. The van der Waals surface area contributed by atoms with Gasteiger partial charge in [0, 0.05) is 5.57 Å². The molecule has 0 saturated heterocycles. The Morgan fingerprint density at radius 3 is 1.52 bits per heavy atom. The van der Waals surface area contributed by atoms with Gasteiger partial charge in [-0.3, -0.25) is 0 Å². The monoisotopic (exact) mass is 352 g/mol. The van der Waals surface area contributed by atoms with Crippen molar-refractivity contribution in [3.05, 3.63) is 12.2 Å². The predicted molar refractivity (Wildman–Crippen MR) is 110 cm³/mol. The SMILES string of the molecule is C=C(C)C(=O)OC(CC)CCCCCCCCCCCCCCCC. The first-order valence-corrected chi connectivity index (χ1v) is 11.0. The number of esters is 1. The topological polar surface area (TPSA) is 26.3 Å². The molecule has 0 aliphatic carbocycles. The Bertz CT molecular complexity index is 322. The van der Waals surface area contributed by atoms with E-state index < -0.39 is 0 Å². The quantitative estimate of drug-likeness (QED) is 0.143. The van der Waals surface area contributed by atoms with E-state index in [-0.39, 0.29) is 12.1 Å². The van der Waals surface area contributed by atoms with Crippen LogP contribution in [0.3, 0.4) is 0 Å². The third-order valence-corrected chi connectivity index (χ3v) is 4.96. The molecule has 1 unspecified atom stereocenters. The molecule has 2 nitrogen and oxygen atoms in total. The molecule has 0 spiro atoms. The molecule has 1 atom stereocenters. The molecule has 2 heteroatoms. The Kier molecular flexibility index (Phi) is 17.4. The molecule has 0 aromatic heterocycles. The van der Waals surface area contributed by atoms with Gasteiger partial charge in [0.05, 0.1) is 0 Å². The van der Waals surface area contributed by atoms with Gasteiger partial charge in [0.25, 0.3) is 0 Å². The fraction of sp³-hybridized carbons (Fsp3) is 0.870. The molecule has 0 aliphatic heterocycles. The number of hydrogen-bond donors (Lipinski definition) is 0. The normalized spacial score (nSPS) is 12.1. The molecule has 0 rings (SSSR count). The van der Waals surface area contributed by atoms with Gasteiger partial charge >= 0.3 is 5.97 Å². The summed E-state index contributed by atoms with van der Waals surface area (Å²) >= 11 is 0. The van der Waals surface area contributed by atoms with E-state index in [1.165, 1.54) is 89.9 Å². The van der Waals surface area contributed by atoms with Crippen LogP contribution >= 0.6 is 0 Å². The van der Waals surface area contributed by atoms with Crippen LogP contribution in [0.1, 0.15) is 124 Å². The molecule has 25 heavy (non-hydrogen) atoms. The van der Waals surface area contributed by atoms with Crippen LogP contribution in [-0.4, -0.2) is 12.1 Å². The van der Waals surface area contributed by atoms with Crippen LogP contribution in [-0.2, 0) is 9.53 Å². The maximum absolute atomic E-state index is 11.5. The summed E-state index contributed by atoms with van der Waals surface area (Å²) in [5.74, 6) is -0.239. The minimum Gasteiger partial charge on any atom is -0.459 e. The zero-order valence-electron chi connectivity index (χ0n) is 17.4. The average molecular weight is 353 g/mol. The van der Waals surface area contributed by atoms with E-state index in [0.29, 0.717) is 5.57 Å². The third kappa shape index (κ3) is 16.4. The number of ether oxygens (including phenoxy) is 1. The highest BCUT2D eigenvalue weighted by atomic mass is 16.5. The summed E-state index contributed by atoms with van der Waals surface area (Å²) in [5, 5.41) is 0. The highest BCUT2D eigenvalue weighted by molar-refractivity contribution is 5.87. The molecule has 0 aromatic rings. The van der Waals surface area contributed by atoms with Crippen LogP contribution < -0.4 is 0 Å². The Hall–Kier alpha value is -0.790. The first-order valence-electron chi connectivity index (χ1n) is 11.0. The van der Waals surface area contributed by atoms with Gasteiger partial charge in [0.2, 0.25) is 0 Å². The second kappa shape index (κ2) is 18.0. The van der Waals surface area contributed by atoms with Gasteiger partial charge in [-0.05, 0) is 26.2 Å². The Morgan fingerprint density at radius 2 is 1.16 bits per heavy atom. The maximum Gasteiger partial charge on any atom is 0.333 e. The van der Waals surface area contributed by atoms with E-state index in [2.05, 4.69) is 20.4 Å². The van der Waals surface area contributed by atoms with Crippen molar-refractivity contribution in [2.45, 2.75) is 130 Å². The van der Waals surface area contributed by atoms with E-state index in [1.54, 1.807) is 6.92 Å². The summed E-state index contributed by atoms with van der Waals surface area (Å²) in [6.07, 6.45) is 21.2. The smallest absolute Gasteiger partial charge is 0.333 e. The van der Waals surface area contributed by atoms with Crippen molar-refractivity contribution in [3.63, 3.8) is 0 Å². The number of hydrogen-bond acceptors (Lipinski definition) is 2. The van der Waals surface area contributed by atoms with Gasteiger partial charge < -0.3 is 4.74 Å². The zero-order valence-corrected chi connectivity index (χ0v) is 17.4. The minimum atomic E-state index is -0.239. The Morgan fingerprint density at radius 1 is 0.760 bits per heavy atom. The van der Waals surface area contributed by atoms with E-state index >= 15 is 0 Å². The number of carbonyl (C=O) groups is 1. The highest BCUT2D eigenvalue weighted by Gasteiger charge is 2.12. The lowest BCUT2D eigenvalue weighted by atomic mass is 10.0. The predicted octanol–water partition coefficient (Wildman–Crippen LogP) is 7.76. The number of rotatable bonds is 18. The van der Waals surface area contributed by atoms with Gasteiger partial charge in [-0.2, -0.15) is 0 Å². The van der Waals surface area contributed by atoms with Crippen molar-refractivity contribution in [1.29, 1.82) is 0 Å². The maximum atomic E-state index is 11.5. The van der Waals surface area contributed by atoms with Crippen LogP contribution in [0.15, 0.2) is 12.2 Å². The third-order valence-electron chi connectivity index (χ3n) is 4.96. The highest BCUT2D eigenvalue weighted by Crippen LogP contribution is 2.15. The Balaban J connectivity index is 3.32. The van der Waals surface area contributed by atoms with Crippen LogP contribution in [0.5, 0.6) is 0 Å². The molecular weight excluding hydrogens is 308 g/mol. The van der Waals surface area contributed by atoms with Crippen LogP contribution in [0.4, 0.5) is 0 Å². The van der Waals surface area contributed by atoms with E-state index in [0.717, 1.165) is 12.8 Å². The summed E-state index contributed by atoms with van der Waals surface area (Å²) in [5.41, 5.74) is 0.499. The molecule has 0 amide bonds. The molecule has 0 N–H and O–H groups in total. The van der Waals surface area contributed by atoms with Gasteiger partial charge in [-0.1, -0.05) is 104 Å². The Labute approximate surface area is 157 Å². The lowest BCUT2D eigenvalue weighted by Gasteiger charge is -2.16. The molecular formula is C23H44O2. The largest absolute Gasteiger partial charge is 0.459 e. The van der Waals surface area contributed by atoms with Crippen molar-refractivity contribution in [3.8, 4) is 0 Å². The molecule has 148 valence electrons. The van der Waals surface area contributed by atoms with Crippen LogP contribution in [0.25, 0.3) is 0 Å². The first kappa shape index (κ1) is 24.2. The lowest BCUT2D eigenvalue weighted by molar-refractivity contribution is -0.144. The minimum absolute atomic E-state index is 0.0709. The van der Waals surface area contributed by atoms with Crippen molar-refractivity contribution in [2.75, 3.05) is 0 Å². The molecule has 0 fully saturated rings. The summed E-state index contributed by atoms with van der Waals surface area (Å²) in [7, 11) is 0. The summed E-state index contributed by atoms with van der Waals surface area (Å²) < 4.78 is 5.44. The van der Waals surface area contributed by atoms with Gasteiger partial charge in [-0.25, -0.2) is 4.79 Å². The van der Waals surface area contributed by atoms with Gasteiger partial charge in [0.1, 0.15) is 6.10 Å². The van der Waals surface area contributed by atoms with Crippen molar-refractivity contribution in [1.82, 2.24) is 0 Å². The molecule has 0 bridgehead atoms. The van der Waals surface area contributed by atoms with E-state index in [9.17, 15) is 4.79 Å². The fourth-order valence-electron chi connectivity index (χ4n) is 3.16. The average Bonchev–Trinajstić information content (AvgIpc) is 2.60. The van der Waals surface area contributed by atoms with Crippen LogP contribution in [0, 0.1) is 0 Å². The summed E-state index contributed by atoms with van der Waals surface area (Å²) in [6, 6.07) is 0. The van der Waals surface area contributed by atoms with E-state index in [1.807, 2.05) is 0 Å². The van der Waals surface area contributed by atoms with Crippen molar-refractivity contribution in [2.24, 2.45) is 0 Å². The molecule has 0 radical (unpaired) electrons. The second-order valence-electron chi connectivity index (χ2n) is 7.60. The zero-order chi connectivity index (χ0) is 18.8. The molecule has 0 heterocycles. The molecule has 0 aliphatic rings. The van der Waals surface area contributed by atoms with Crippen molar-refractivity contribution < 1.29 is 9.53 Å². The van der Waals surface area contributed by atoms with Crippen molar-refractivity contribution >= 4 is 5.97 Å². The summed E-state index contributed by atoms with van der Waals surface area (Å²) in [4.78, 5) is 11.5. The van der Waals surface area contributed by atoms with Crippen LogP contribution in [0.2, 0.25) is 0 Å². The molecule has 0 aromatic carbocycles. The second-order valence-corrected chi connectivity index (χ2v) is 7.60. The van der Waals surface area contributed by atoms with Gasteiger partial charge in [-0.15, -0.1) is 0 Å². The van der Waals surface area contributed by atoms with E-state index in [4.69, 9.17) is 4.74 Å². The number of unbranched alkanes of at least 4 members (excludes halogenated alkanes) is 13.